The zero-order valence-electron chi connectivity index (χ0n) is 11.4. The Bertz CT molecular complexity index is 641. The predicted molar refractivity (Wildman–Crippen MR) is 72.3 cm³/mol. The van der Waals surface area contributed by atoms with Crippen LogP contribution in [0.2, 0.25) is 0 Å². The molecule has 1 aliphatic carbocycles. The molecule has 1 aromatic carbocycles. The third kappa shape index (κ3) is 3.01. The van der Waals surface area contributed by atoms with E-state index in [9.17, 15) is 13.2 Å². The second-order valence-corrected chi connectivity index (χ2v) is 6.14. The SMILES string of the molecule is COC(=O)C1=C(OS(=O)(=O)c2ccc(C)cc2)CCC1. The number of carbonyl (C=O) groups excluding carboxylic acids is 1. The van der Waals surface area contributed by atoms with Gasteiger partial charge in [-0.05, 0) is 31.9 Å². The Morgan fingerprint density at radius 1 is 1.15 bits per heavy atom. The van der Waals surface area contributed by atoms with Crippen LogP contribution in [-0.2, 0) is 23.8 Å². The highest BCUT2D eigenvalue weighted by Crippen LogP contribution is 2.30. The molecule has 0 bridgehead atoms. The van der Waals surface area contributed by atoms with Crippen molar-refractivity contribution in [3.63, 3.8) is 0 Å². The molecule has 2 rings (SSSR count). The first kappa shape index (κ1) is 14.6. The summed E-state index contributed by atoms with van der Waals surface area (Å²) in [5.41, 5.74) is 1.27. The summed E-state index contributed by atoms with van der Waals surface area (Å²) in [6.07, 6.45) is 1.59. The predicted octanol–water partition coefficient (Wildman–Crippen LogP) is 2.31. The van der Waals surface area contributed by atoms with Gasteiger partial charge in [0.15, 0.2) is 0 Å². The Labute approximate surface area is 118 Å². The molecule has 0 aliphatic heterocycles. The molecule has 0 N–H and O–H groups in total. The summed E-state index contributed by atoms with van der Waals surface area (Å²) in [4.78, 5) is 11.6. The Hall–Kier alpha value is -1.82. The molecule has 0 saturated heterocycles. The molecule has 0 atom stereocenters. The maximum atomic E-state index is 12.1. The Kier molecular flexibility index (Phi) is 4.13. The van der Waals surface area contributed by atoms with Crippen molar-refractivity contribution in [3.05, 3.63) is 41.2 Å². The van der Waals surface area contributed by atoms with E-state index in [1.807, 2.05) is 6.92 Å². The highest BCUT2D eigenvalue weighted by atomic mass is 32.2. The molecule has 108 valence electrons. The average molecular weight is 296 g/mol. The van der Waals surface area contributed by atoms with Gasteiger partial charge in [0.2, 0.25) is 0 Å². The van der Waals surface area contributed by atoms with Gasteiger partial charge in [-0.1, -0.05) is 17.7 Å². The molecule has 5 nitrogen and oxygen atoms in total. The van der Waals surface area contributed by atoms with Crippen LogP contribution in [0.4, 0.5) is 0 Å². The quantitative estimate of drug-likeness (QED) is 0.630. The summed E-state index contributed by atoms with van der Waals surface area (Å²) in [5, 5.41) is 0. The molecular weight excluding hydrogens is 280 g/mol. The van der Waals surface area contributed by atoms with Crippen LogP contribution in [0.25, 0.3) is 0 Å². The fourth-order valence-corrected chi connectivity index (χ4v) is 3.05. The van der Waals surface area contributed by atoms with Gasteiger partial charge in [-0.2, -0.15) is 8.42 Å². The number of methoxy groups -OCH3 is 1. The monoisotopic (exact) mass is 296 g/mol. The largest absolute Gasteiger partial charge is 0.466 e. The van der Waals surface area contributed by atoms with Gasteiger partial charge in [-0.25, -0.2) is 4.79 Å². The number of allylic oxidation sites excluding steroid dienone is 1. The first-order chi connectivity index (χ1) is 9.44. The van der Waals surface area contributed by atoms with Crippen LogP contribution in [0.3, 0.4) is 0 Å². The van der Waals surface area contributed by atoms with E-state index in [-0.39, 0.29) is 10.7 Å². The van der Waals surface area contributed by atoms with Crippen molar-refractivity contribution in [3.8, 4) is 0 Å². The van der Waals surface area contributed by atoms with E-state index in [0.717, 1.165) is 5.56 Å². The lowest BCUT2D eigenvalue weighted by atomic mass is 10.2. The molecule has 0 fully saturated rings. The first-order valence-electron chi connectivity index (χ1n) is 6.25. The van der Waals surface area contributed by atoms with E-state index in [4.69, 9.17) is 4.18 Å². The van der Waals surface area contributed by atoms with Gasteiger partial charge in [-0.3, -0.25) is 0 Å². The van der Waals surface area contributed by atoms with Gasteiger partial charge in [0.1, 0.15) is 10.7 Å². The van der Waals surface area contributed by atoms with Crippen molar-refractivity contribution in [1.82, 2.24) is 0 Å². The lowest BCUT2D eigenvalue weighted by Gasteiger charge is -2.09. The topological polar surface area (TPSA) is 69.7 Å². The summed E-state index contributed by atoms with van der Waals surface area (Å²) < 4.78 is 34.0. The fraction of sp³-hybridized carbons (Fsp3) is 0.357. The van der Waals surface area contributed by atoms with E-state index in [2.05, 4.69) is 4.74 Å². The number of rotatable bonds is 4. The summed E-state index contributed by atoms with van der Waals surface area (Å²) in [7, 11) is -2.64. The van der Waals surface area contributed by atoms with Crippen molar-refractivity contribution >= 4 is 16.1 Å². The smallest absolute Gasteiger partial charge is 0.338 e. The van der Waals surface area contributed by atoms with Crippen LogP contribution in [0.1, 0.15) is 24.8 Å². The van der Waals surface area contributed by atoms with Crippen LogP contribution in [-0.4, -0.2) is 21.5 Å². The lowest BCUT2D eigenvalue weighted by molar-refractivity contribution is -0.136. The molecule has 0 spiro atoms. The van der Waals surface area contributed by atoms with Crippen LogP contribution in [0, 0.1) is 6.92 Å². The van der Waals surface area contributed by atoms with Crippen molar-refractivity contribution in [2.45, 2.75) is 31.1 Å². The van der Waals surface area contributed by atoms with Crippen molar-refractivity contribution < 1.29 is 22.1 Å². The maximum absolute atomic E-state index is 12.1. The van der Waals surface area contributed by atoms with Gasteiger partial charge in [0, 0.05) is 6.42 Å². The minimum absolute atomic E-state index is 0.0757. The van der Waals surface area contributed by atoms with Crippen LogP contribution < -0.4 is 0 Å². The molecule has 6 heteroatoms. The number of hydrogen-bond donors (Lipinski definition) is 0. The van der Waals surface area contributed by atoms with Gasteiger partial charge in [0.25, 0.3) is 0 Å². The van der Waals surface area contributed by atoms with E-state index < -0.39 is 16.1 Å². The van der Waals surface area contributed by atoms with Crippen LogP contribution in [0.5, 0.6) is 0 Å². The van der Waals surface area contributed by atoms with Crippen molar-refractivity contribution in [1.29, 1.82) is 0 Å². The van der Waals surface area contributed by atoms with Crippen LogP contribution in [0.15, 0.2) is 40.5 Å². The number of ether oxygens (including phenoxy) is 1. The maximum Gasteiger partial charge on any atom is 0.338 e. The fourth-order valence-electron chi connectivity index (χ4n) is 2.03. The Balaban J connectivity index is 2.28. The number of esters is 1. The second kappa shape index (κ2) is 5.66. The third-order valence-electron chi connectivity index (χ3n) is 3.12. The summed E-state index contributed by atoms with van der Waals surface area (Å²) >= 11 is 0. The number of aryl methyl sites for hydroxylation is 1. The highest BCUT2D eigenvalue weighted by molar-refractivity contribution is 7.86. The van der Waals surface area contributed by atoms with Gasteiger partial charge >= 0.3 is 16.1 Å². The average Bonchev–Trinajstić information content (AvgIpc) is 2.85. The standard InChI is InChI=1S/C14H16O5S/c1-10-6-8-11(9-7-10)20(16,17)19-13-5-3-4-12(13)14(15)18-2/h6-9H,3-5H2,1-2H3. The molecule has 0 heterocycles. The van der Waals surface area contributed by atoms with E-state index in [0.29, 0.717) is 24.8 Å². The van der Waals surface area contributed by atoms with E-state index in [1.54, 1.807) is 12.1 Å². The Morgan fingerprint density at radius 2 is 1.80 bits per heavy atom. The molecule has 0 aromatic heterocycles. The second-order valence-electron chi connectivity index (χ2n) is 4.60. The molecule has 0 amide bonds. The highest BCUT2D eigenvalue weighted by Gasteiger charge is 2.27. The molecule has 0 saturated carbocycles. The zero-order valence-corrected chi connectivity index (χ0v) is 12.2. The zero-order chi connectivity index (χ0) is 14.8. The Morgan fingerprint density at radius 3 is 2.40 bits per heavy atom. The number of benzene rings is 1. The normalized spacial score (nSPS) is 15.3. The summed E-state index contributed by atoms with van der Waals surface area (Å²) in [6, 6.07) is 6.36. The lowest BCUT2D eigenvalue weighted by Crippen LogP contribution is -2.10. The summed E-state index contributed by atoms with van der Waals surface area (Å²) in [6.45, 7) is 1.87. The first-order valence-corrected chi connectivity index (χ1v) is 7.66. The third-order valence-corrected chi connectivity index (χ3v) is 4.39. The van der Waals surface area contributed by atoms with Gasteiger partial charge in [0.05, 0.1) is 12.7 Å². The van der Waals surface area contributed by atoms with E-state index >= 15 is 0 Å². The molecule has 20 heavy (non-hydrogen) atoms. The minimum Gasteiger partial charge on any atom is -0.466 e. The minimum atomic E-state index is -3.90. The molecule has 0 radical (unpaired) electrons. The van der Waals surface area contributed by atoms with Crippen molar-refractivity contribution in [2.75, 3.05) is 7.11 Å². The van der Waals surface area contributed by atoms with Gasteiger partial charge in [-0.15, -0.1) is 0 Å². The number of carbonyl (C=O) groups is 1. The van der Waals surface area contributed by atoms with Crippen LogP contribution >= 0.6 is 0 Å². The van der Waals surface area contributed by atoms with E-state index in [1.165, 1.54) is 19.2 Å². The van der Waals surface area contributed by atoms with Crippen molar-refractivity contribution in [2.24, 2.45) is 0 Å². The molecule has 1 aromatic rings. The number of hydrogen-bond acceptors (Lipinski definition) is 5. The summed E-state index contributed by atoms with van der Waals surface area (Å²) in [5.74, 6) is -0.339. The van der Waals surface area contributed by atoms with Gasteiger partial charge < -0.3 is 8.92 Å². The molecular formula is C14H16O5S. The molecule has 0 unspecified atom stereocenters. The molecule has 1 aliphatic rings.